The molecular formula is C15H23FN4O4. The molecule has 0 bridgehead atoms. The second kappa shape index (κ2) is 7.14. The first-order valence-electron chi connectivity index (χ1n) is 8.13. The van der Waals surface area contributed by atoms with Gasteiger partial charge < -0.3 is 14.7 Å². The number of likely N-dealkylation sites (N-methyl/N-ethyl adjacent to an activating group) is 1. The third-order valence-corrected chi connectivity index (χ3v) is 4.68. The van der Waals surface area contributed by atoms with Crippen LogP contribution in [0.25, 0.3) is 0 Å². The summed E-state index contributed by atoms with van der Waals surface area (Å²) in [6, 6.07) is 0. The smallest absolute Gasteiger partial charge is 0.330 e. The maximum atomic E-state index is 13.8. The fourth-order valence-corrected chi connectivity index (χ4v) is 3.12. The van der Waals surface area contributed by atoms with E-state index >= 15 is 0 Å². The van der Waals surface area contributed by atoms with E-state index in [2.05, 4.69) is 14.8 Å². The topological polar surface area (TPSA) is 90.8 Å². The molecule has 3 atom stereocenters. The van der Waals surface area contributed by atoms with Gasteiger partial charge in [-0.2, -0.15) is 0 Å². The Hall–Kier alpha value is -1.55. The number of aliphatic hydroxyl groups is 1. The molecule has 0 amide bonds. The lowest BCUT2D eigenvalue weighted by molar-refractivity contribution is -0.0357. The number of aromatic amines is 1. The molecule has 0 radical (unpaired) electrons. The molecule has 0 aromatic carbocycles. The summed E-state index contributed by atoms with van der Waals surface area (Å²) in [5.74, 6) is 0. The Morgan fingerprint density at radius 3 is 2.67 bits per heavy atom. The summed E-state index contributed by atoms with van der Waals surface area (Å²) in [5, 5.41) is 9.09. The average Bonchev–Trinajstić information content (AvgIpc) is 2.92. The first-order chi connectivity index (χ1) is 11.5. The molecule has 3 rings (SSSR count). The molecule has 2 saturated heterocycles. The van der Waals surface area contributed by atoms with Crippen molar-refractivity contribution in [2.75, 3.05) is 39.8 Å². The molecule has 0 aliphatic carbocycles. The van der Waals surface area contributed by atoms with Crippen LogP contribution in [0.1, 0.15) is 18.2 Å². The van der Waals surface area contributed by atoms with E-state index in [4.69, 9.17) is 9.84 Å². The first kappa shape index (κ1) is 17.3. The standard InChI is InChI=1S/C15H23FN4O4/c1-18-2-4-19(5-3-18)7-10-8-20(15(23)17-14(10)22)13-6-11(16)12(9-21)24-13/h8,11-13,21H,2-7,9H2,1H3,(H,17,22,23)/t11-,12+,13+/m0/s1. The van der Waals surface area contributed by atoms with E-state index in [1.807, 2.05) is 7.05 Å². The number of aliphatic hydroxyl groups excluding tert-OH is 1. The first-order valence-corrected chi connectivity index (χ1v) is 8.13. The molecule has 1 aromatic heterocycles. The van der Waals surface area contributed by atoms with Crippen molar-refractivity contribution in [3.63, 3.8) is 0 Å². The summed E-state index contributed by atoms with van der Waals surface area (Å²) in [6.07, 6.45) is -1.65. The zero-order chi connectivity index (χ0) is 17.3. The Kier molecular flexibility index (Phi) is 5.14. The van der Waals surface area contributed by atoms with E-state index in [0.717, 1.165) is 26.2 Å². The van der Waals surface area contributed by atoms with Crippen LogP contribution < -0.4 is 11.2 Å². The number of H-pyrrole nitrogens is 1. The van der Waals surface area contributed by atoms with Crippen LogP contribution in [0.2, 0.25) is 0 Å². The number of aromatic nitrogens is 2. The second-order valence-electron chi connectivity index (χ2n) is 6.46. The van der Waals surface area contributed by atoms with Gasteiger partial charge in [0.15, 0.2) is 0 Å². The van der Waals surface area contributed by atoms with E-state index in [1.54, 1.807) is 0 Å². The highest BCUT2D eigenvalue weighted by molar-refractivity contribution is 5.06. The summed E-state index contributed by atoms with van der Waals surface area (Å²) in [6.45, 7) is 3.51. The number of halogens is 1. The van der Waals surface area contributed by atoms with Crippen molar-refractivity contribution < 1.29 is 14.2 Å². The Labute approximate surface area is 138 Å². The Morgan fingerprint density at radius 2 is 2.04 bits per heavy atom. The second-order valence-corrected chi connectivity index (χ2v) is 6.46. The van der Waals surface area contributed by atoms with Crippen molar-refractivity contribution in [3.8, 4) is 0 Å². The number of hydrogen-bond acceptors (Lipinski definition) is 6. The highest BCUT2D eigenvalue weighted by Gasteiger charge is 2.36. The monoisotopic (exact) mass is 342 g/mol. The van der Waals surface area contributed by atoms with Crippen LogP contribution in [0.4, 0.5) is 4.39 Å². The summed E-state index contributed by atoms with van der Waals surface area (Å²) >= 11 is 0. The molecule has 0 saturated carbocycles. The molecule has 134 valence electrons. The van der Waals surface area contributed by atoms with Crippen LogP contribution in [0.3, 0.4) is 0 Å². The van der Waals surface area contributed by atoms with Gasteiger partial charge in [0.1, 0.15) is 18.5 Å². The van der Waals surface area contributed by atoms with Crippen molar-refractivity contribution in [1.82, 2.24) is 19.4 Å². The van der Waals surface area contributed by atoms with Crippen molar-refractivity contribution in [1.29, 1.82) is 0 Å². The molecule has 3 heterocycles. The van der Waals surface area contributed by atoms with E-state index < -0.39 is 36.4 Å². The molecule has 0 unspecified atom stereocenters. The largest absolute Gasteiger partial charge is 0.394 e. The average molecular weight is 342 g/mol. The van der Waals surface area contributed by atoms with Gasteiger partial charge in [0.05, 0.1) is 6.61 Å². The lowest BCUT2D eigenvalue weighted by Gasteiger charge is -2.32. The Bertz CT molecular complexity index is 683. The number of hydrogen-bond donors (Lipinski definition) is 2. The van der Waals surface area contributed by atoms with Crippen LogP contribution in [0, 0.1) is 0 Å². The zero-order valence-corrected chi connectivity index (χ0v) is 13.7. The Balaban J connectivity index is 1.79. The highest BCUT2D eigenvalue weighted by atomic mass is 19.1. The van der Waals surface area contributed by atoms with Gasteiger partial charge in [0, 0.05) is 50.9 Å². The van der Waals surface area contributed by atoms with Gasteiger partial charge in [0.2, 0.25) is 0 Å². The predicted octanol–water partition coefficient (Wildman–Crippen LogP) is -1.10. The van der Waals surface area contributed by atoms with E-state index in [-0.39, 0.29) is 6.42 Å². The minimum absolute atomic E-state index is 0.0227. The fourth-order valence-electron chi connectivity index (χ4n) is 3.12. The van der Waals surface area contributed by atoms with Crippen LogP contribution in [0.5, 0.6) is 0 Å². The van der Waals surface area contributed by atoms with Gasteiger partial charge in [-0.15, -0.1) is 0 Å². The van der Waals surface area contributed by atoms with Gasteiger partial charge in [-0.3, -0.25) is 19.2 Å². The lowest BCUT2D eigenvalue weighted by atomic mass is 10.2. The van der Waals surface area contributed by atoms with Crippen LogP contribution in [-0.4, -0.2) is 76.6 Å². The van der Waals surface area contributed by atoms with Crippen LogP contribution in [0.15, 0.2) is 15.8 Å². The molecular weight excluding hydrogens is 319 g/mol. The van der Waals surface area contributed by atoms with Gasteiger partial charge in [-0.05, 0) is 7.05 Å². The fraction of sp³-hybridized carbons (Fsp3) is 0.733. The van der Waals surface area contributed by atoms with Crippen LogP contribution in [-0.2, 0) is 11.3 Å². The minimum atomic E-state index is -1.33. The molecule has 24 heavy (non-hydrogen) atoms. The molecule has 2 aliphatic heterocycles. The third-order valence-electron chi connectivity index (χ3n) is 4.68. The van der Waals surface area contributed by atoms with Crippen molar-refractivity contribution in [3.05, 3.63) is 32.6 Å². The normalized spacial score (nSPS) is 29.2. The van der Waals surface area contributed by atoms with Gasteiger partial charge in [0.25, 0.3) is 5.56 Å². The lowest BCUT2D eigenvalue weighted by Crippen LogP contribution is -2.45. The predicted molar refractivity (Wildman–Crippen MR) is 84.6 cm³/mol. The van der Waals surface area contributed by atoms with E-state index in [9.17, 15) is 14.0 Å². The van der Waals surface area contributed by atoms with Gasteiger partial charge >= 0.3 is 5.69 Å². The molecule has 2 N–H and O–H groups in total. The number of alkyl halides is 1. The maximum Gasteiger partial charge on any atom is 0.330 e. The van der Waals surface area contributed by atoms with Crippen molar-refractivity contribution >= 4 is 0 Å². The van der Waals surface area contributed by atoms with Crippen molar-refractivity contribution in [2.24, 2.45) is 0 Å². The SMILES string of the molecule is CN1CCN(Cc2cn([C@H]3C[C@H](F)[C@@H](CO)O3)c(=O)[nH]c2=O)CC1. The van der Waals surface area contributed by atoms with E-state index in [0.29, 0.717) is 12.1 Å². The third kappa shape index (κ3) is 3.59. The summed E-state index contributed by atoms with van der Waals surface area (Å²) < 4.78 is 20.4. The number of nitrogens with one attached hydrogen (secondary N) is 1. The van der Waals surface area contributed by atoms with Crippen molar-refractivity contribution in [2.45, 2.75) is 31.5 Å². The number of rotatable bonds is 4. The molecule has 0 spiro atoms. The number of ether oxygens (including phenoxy) is 1. The molecule has 9 heteroatoms. The van der Waals surface area contributed by atoms with Gasteiger partial charge in [-0.1, -0.05) is 0 Å². The summed E-state index contributed by atoms with van der Waals surface area (Å²) in [5.41, 5.74) is -0.604. The Morgan fingerprint density at radius 1 is 1.33 bits per heavy atom. The highest BCUT2D eigenvalue weighted by Crippen LogP contribution is 2.29. The van der Waals surface area contributed by atoms with Gasteiger partial charge in [-0.25, -0.2) is 9.18 Å². The van der Waals surface area contributed by atoms with E-state index in [1.165, 1.54) is 10.8 Å². The maximum absolute atomic E-state index is 13.8. The molecule has 8 nitrogen and oxygen atoms in total. The van der Waals surface area contributed by atoms with Crippen LogP contribution >= 0.6 is 0 Å². The molecule has 1 aromatic rings. The number of piperazine rings is 1. The molecule has 2 fully saturated rings. The summed E-state index contributed by atoms with van der Waals surface area (Å²) in [4.78, 5) is 30.7. The summed E-state index contributed by atoms with van der Waals surface area (Å²) in [7, 11) is 2.05. The quantitative estimate of drug-likeness (QED) is 0.722. The minimum Gasteiger partial charge on any atom is -0.394 e. The molecule has 2 aliphatic rings. The zero-order valence-electron chi connectivity index (χ0n) is 13.7. The number of nitrogens with zero attached hydrogens (tertiary/aromatic N) is 3.